The van der Waals surface area contributed by atoms with Gasteiger partial charge in [-0.05, 0) is 20.3 Å². The Hall–Kier alpha value is -0.120. The fourth-order valence-electron chi connectivity index (χ4n) is 1.02. The van der Waals surface area contributed by atoms with E-state index in [1.165, 1.54) is 0 Å². The van der Waals surface area contributed by atoms with Gasteiger partial charge in [-0.3, -0.25) is 0 Å². The second-order valence-electron chi connectivity index (χ2n) is 3.68. The van der Waals surface area contributed by atoms with Gasteiger partial charge < -0.3 is 14.2 Å². The van der Waals surface area contributed by atoms with Crippen LogP contribution in [0.25, 0.3) is 0 Å². The van der Waals surface area contributed by atoms with Crippen LogP contribution in [0.1, 0.15) is 33.6 Å². The van der Waals surface area contributed by atoms with Crippen LogP contribution in [0.2, 0.25) is 0 Å². The summed E-state index contributed by atoms with van der Waals surface area (Å²) >= 11 is 0. The van der Waals surface area contributed by atoms with Gasteiger partial charge in [-0.25, -0.2) is 0 Å². The monoisotopic (exact) mass is 204 g/mol. The zero-order valence-corrected chi connectivity index (χ0v) is 9.91. The van der Waals surface area contributed by atoms with E-state index in [2.05, 4.69) is 6.92 Å². The minimum absolute atomic E-state index is 0.0777. The first-order chi connectivity index (χ1) is 6.70. The Labute approximate surface area is 87.7 Å². The molecule has 0 heterocycles. The highest BCUT2D eigenvalue weighted by molar-refractivity contribution is 4.56. The molecule has 0 aromatic heterocycles. The van der Waals surface area contributed by atoms with Gasteiger partial charge in [-0.1, -0.05) is 13.3 Å². The van der Waals surface area contributed by atoms with Crippen LogP contribution in [-0.2, 0) is 14.2 Å². The minimum atomic E-state index is 0.0777. The van der Waals surface area contributed by atoms with E-state index in [-0.39, 0.29) is 12.2 Å². The number of ether oxygens (including phenoxy) is 3. The minimum Gasteiger partial charge on any atom is -0.382 e. The summed E-state index contributed by atoms with van der Waals surface area (Å²) in [5.74, 6) is 0. The van der Waals surface area contributed by atoms with E-state index in [4.69, 9.17) is 14.2 Å². The predicted octanol–water partition coefficient (Wildman–Crippen LogP) is 2.24. The van der Waals surface area contributed by atoms with Gasteiger partial charge in [0.1, 0.15) is 6.10 Å². The summed E-state index contributed by atoms with van der Waals surface area (Å²) in [6, 6.07) is 0. The summed E-state index contributed by atoms with van der Waals surface area (Å²) in [4.78, 5) is 0. The maximum atomic E-state index is 5.62. The van der Waals surface area contributed by atoms with E-state index in [1.54, 1.807) is 7.11 Å². The number of unbranched alkanes of at least 4 members (excludes halogenated alkanes) is 1. The lowest BCUT2D eigenvalue weighted by Gasteiger charge is -2.18. The molecular formula is C11H24O3. The Balaban J connectivity index is 3.54. The Kier molecular flexibility index (Phi) is 9.35. The summed E-state index contributed by atoms with van der Waals surface area (Å²) in [5.41, 5.74) is 0. The van der Waals surface area contributed by atoms with Gasteiger partial charge in [-0.15, -0.1) is 0 Å². The zero-order chi connectivity index (χ0) is 10.8. The van der Waals surface area contributed by atoms with E-state index in [9.17, 15) is 0 Å². The van der Waals surface area contributed by atoms with Gasteiger partial charge in [0.05, 0.1) is 19.3 Å². The van der Waals surface area contributed by atoms with Crippen LogP contribution >= 0.6 is 0 Å². The van der Waals surface area contributed by atoms with Crippen LogP contribution in [0, 0.1) is 0 Å². The molecule has 0 saturated carbocycles. The van der Waals surface area contributed by atoms with E-state index in [0.29, 0.717) is 13.2 Å². The Morgan fingerprint density at radius 3 is 2.29 bits per heavy atom. The normalized spacial score (nSPS) is 13.5. The van der Waals surface area contributed by atoms with E-state index < -0.39 is 0 Å². The van der Waals surface area contributed by atoms with E-state index >= 15 is 0 Å². The molecule has 1 unspecified atom stereocenters. The lowest BCUT2D eigenvalue weighted by Crippen LogP contribution is -2.27. The molecular weight excluding hydrogens is 180 g/mol. The highest BCUT2D eigenvalue weighted by atomic mass is 16.6. The lowest BCUT2D eigenvalue weighted by atomic mass is 10.3. The van der Waals surface area contributed by atoms with Crippen molar-refractivity contribution in [3.05, 3.63) is 0 Å². The summed E-state index contributed by atoms with van der Waals surface area (Å²) in [6.45, 7) is 8.22. The summed E-state index contributed by atoms with van der Waals surface area (Å²) in [6.07, 6.45) is 2.59. The molecule has 0 amide bonds. The van der Waals surface area contributed by atoms with Gasteiger partial charge in [0.15, 0.2) is 0 Å². The molecule has 3 nitrogen and oxygen atoms in total. The van der Waals surface area contributed by atoms with Gasteiger partial charge in [0.2, 0.25) is 0 Å². The topological polar surface area (TPSA) is 27.7 Å². The fraction of sp³-hybridized carbons (Fsp3) is 1.00. The number of rotatable bonds is 9. The quantitative estimate of drug-likeness (QED) is 0.539. The van der Waals surface area contributed by atoms with Gasteiger partial charge >= 0.3 is 0 Å². The molecule has 0 aliphatic heterocycles. The first-order valence-corrected chi connectivity index (χ1v) is 5.42. The Morgan fingerprint density at radius 2 is 1.79 bits per heavy atom. The van der Waals surface area contributed by atoms with E-state index in [0.717, 1.165) is 19.4 Å². The fourth-order valence-corrected chi connectivity index (χ4v) is 1.02. The average Bonchev–Trinajstić information content (AvgIpc) is 2.14. The average molecular weight is 204 g/mol. The molecule has 3 heteroatoms. The molecule has 0 aromatic rings. The molecule has 0 saturated heterocycles. The smallest absolute Gasteiger partial charge is 0.104 e. The van der Waals surface area contributed by atoms with Crippen molar-refractivity contribution in [2.75, 3.05) is 26.9 Å². The molecule has 0 fully saturated rings. The third-order valence-electron chi connectivity index (χ3n) is 1.82. The van der Waals surface area contributed by atoms with Gasteiger partial charge in [-0.2, -0.15) is 0 Å². The maximum Gasteiger partial charge on any atom is 0.104 e. The number of hydrogen-bond donors (Lipinski definition) is 0. The van der Waals surface area contributed by atoms with Crippen molar-refractivity contribution in [1.82, 2.24) is 0 Å². The van der Waals surface area contributed by atoms with Crippen molar-refractivity contribution < 1.29 is 14.2 Å². The van der Waals surface area contributed by atoms with Crippen LogP contribution < -0.4 is 0 Å². The van der Waals surface area contributed by atoms with Gasteiger partial charge in [0, 0.05) is 13.7 Å². The number of methoxy groups -OCH3 is 1. The van der Waals surface area contributed by atoms with Gasteiger partial charge in [0.25, 0.3) is 0 Å². The predicted molar refractivity (Wildman–Crippen MR) is 57.6 cm³/mol. The zero-order valence-electron chi connectivity index (χ0n) is 9.91. The molecule has 0 bridgehead atoms. The Bertz CT molecular complexity index is 115. The standard InChI is InChI=1S/C11H24O3/c1-5-6-7-13-11(8-12-4)9-14-10(2)3/h10-11H,5-9H2,1-4H3. The molecule has 0 aliphatic carbocycles. The van der Waals surface area contributed by atoms with Crippen molar-refractivity contribution in [3.8, 4) is 0 Å². The van der Waals surface area contributed by atoms with Crippen LogP contribution in [0.4, 0.5) is 0 Å². The van der Waals surface area contributed by atoms with Crippen molar-refractivity contribution in [2.24, 2.45) is 0 Å². The van der Waals surface area contributed by atoms with Crippen molar-refractivity contribution in [2.45, 2.75) is 45.8 Å². The van der Waals surface area contributed by atoms with Crippen LogP contribution in [0.5, 0.6) is 0 Å². The molecule has 0 rings (SSSR count). The molecule has 0 aliphatic rings. The molecule has 0 N–H and O–H groups in total. The highest BCUT2D eigenvalue weighted by Crippen LogP contribution is 2.00. The third kappa shape index (κ3) is 8.48. The van der Waals surface area contributed by atoms with E-state index in [1.807, 2.05) is 13.8 Å². The Morgan fingerprint density at radius 1 is 1.07 bits per heavy atom. The molecule has 86 valence electrons. The first kappa shape index (κ1) is 13.9. The summed E-state index contributed by atoms with van der Waals surface area (Å²) < 4.78 is 16.2. The molecule has 0 aromatic carbocycles. The largest absolute Gasteiger partial charge is 0.382 e. The second-order valence-corrected chi connectivity index (χ2v) is 3.68. The lowest BCUT2D eigenvalue weighted by molar-refractivity contribution is -0.0645. The third-order valence-corrected chi connectivity index (χ3v) is 1.82. The molecule has 0 radical (unpaired) electrons. The van der Waals surface area contributed by atoms with Crippen LogP contribution in [0.15, 0.2) is 0 Å². The maximum absolute atomic E-state index is 5.62. The second kappa shape index (κ2) is 9.44. The van der Waals surface area contributed by atoms with Crippen molar-refractivity contribution in [3.63, 3.8) is 0 Å². The SMILES string of the molecule is CCCCOC(COC)COC(C)C. The van der Waals surface area contributed by atoms with Crippen molar-refractivity contribution in [1.29, 1.82) is 0 Å². The molecule has 0 spiro atoms. The van der Waals surface area contributed by atoms with Crippen LogP contribution in [0.3, 0.4) is 0 Å². The summed E-state index contributed by atoms with van der Waals surface area (Å²) in [5, 5.41) is 0. The van der Waals surface area contributed by atoms with Crippen molar-refractivity contribution >= 4 is 0 Å². The highest BCUT2D eigenvalue weighted by Gasteiger charge is 2.09. The molecule has 14 heavy (non-hydrogen) atoms. The van der Waals surface area contributed by atoms with Crippen LogP contribution in [-0.4, -0.2) is 39.1 Å². The molecule has 1 atom stereocenters. The number of hydrogen-bond acceptors (Lipinski definition) is 3. The summed E-state index contributed by atoms with van der Waals surface area (Å²) in [7, 11) is 1.69. The first-order valence-electron chi connectivity index (χ1n) is 5.42.